The molecule has 0 unspecified atom stereocenters. The lowest BCUT2D eigenvalue weighted by atomic mass is 9.95. The molecule has 2 aromatic rings. The third-order valence-corrected chi connectivity index (χ3v) is 4.16. The number of benzene rings is 1. The largest absolute Gasteiger partial charge is 0.370 e. The monoisotopic (exact) mass is 286 g/mol. The molecule has 1 aromatic carbocycles. The number of nitrogens with one attached hydrogen (secondary N) is 1. The molecule has 112 valence electrons. The van der Waals surface area contributed by atoms with Crippen molar-refractivity contribution >= 4 is 0 Å². The standard InChI is InChI=1S/C17H22N2O2/c1-5-17(6-2,21-4)16-18-14(12(3)15(20)19-16)13-10-8-7-9-11-13/h7-11H,5-6H2,1-4H3,(H,18,19,20). The van der Waals surface area contributed by atoms with E-state index in [0.717, 1.165) is 24.1 Å². The van der Waals surface area contributed by atoms with Gasteiger partial charge >= 0.3 is 0 Å². The number of aromatic nitrogens is 2. The Kier molecular flexibility index (Phi) is 4.58. The summed E-state index contributed by atoms with van der Waals surface area (Å²) in [4.78, 5) is 19.9. The summed E-state index contributed by atoms with van der Waals surface area (Å²) in [6, 6.07) is 9.77. The number of methoxy groups -OCH3 is 1. The van der Waals surface area contributed by atoms with E-state index in [1.807, 2.05) is 44.2 Å². The summed E-state index contributed by atoms with van der Waals surface area (Å²) in [6.07, 6.45) is 1.50. The predicted octanol–water partition coefficient (Wildman–Crippen LogP) is 3.41. The first kappa shape index (κ1) is 15.4. The van der Waals surface area contributed by atoms with Crippen molar-refractivity contribution in [3.63, 3.8) is 0 Å². The molecule has 0 fully saturated rings. The first-order valence-corrected chi connectivity index (χ1v) is 7.30. The highest BCUT2D eigenvalue weighted by Gasteiger charge is 2.31. The molecular formula is C17H22N2O2. The maximum atomic E-state index is 12.3. The molecule has 1 aromatic heterocycles. The molecule has 0 amide bonds. The quantitative estimate of drug-likeness (QED) is 0.916. The number of hydrogen-bond donors (Lipinski definition) is 1. The minimum absolute atomic E-state index is 0.109. The van der Waals surface area contributed by atoms with Crippen molar-refractivity contribution in [2.45, 2.75) is 39.2 Å². The van der Waals surface area contributed by atoms with Gasteiger partial charge in [-0.15, -0.1) is 0 Å². The van der Waals surface area contributed by atoms with Crippen LogP contribution in [0, 0.1) is 6.92 Å². The molecule has 0 atom stereocenters. The molecule has 0 aliphatic heterocycles. The molecule has 1 N–H and O–H groups in total. The number of ether oxygens (including phenoxy) is 1. The minimum Gasteiger partial charge on any atom is -0.370 e. The van der Waals surface area contributed by atoms with E-state index in [2.05, 4.69) is 4.98 Å². The number of aromatic amines is 1. The van der Waals surface area contributed by atoms with E-state index in [4.69, 9.17) is 9.72 Å². The summed E-state index contributed by atoms with van der Waals surface area (Å²) in [5.41, 5.74) is 1.64. The van der Waals surface area contributed by atoms with E-state index >= 15 is 0 Å². The smallest absolute Gasteiger partial charge is 0.254 e. The normalized spacial score (nSPS) is 11.6. The summed E-state index contributed by atoms with van der Waals surface area (Å²) in [5.74, 6) is 0.601. The van der Waals surface area contributed by atoms with Gasteiger partial charge in [-0.05, 0) is 19.8 Å². The molecule has 0 saturated carbocycles. The van der Waals surface area contributed by atoms with Crippen LogP contribution in [0.4, 0.5) is 0 Å². The maximum Gasteiger partial charge on any atom is 0.254 e. The van der Waals surface area contributed by atoms with E-state index in [0.29, 0.717) is 11.4 Å². The molecule has 4 nitrogen and oxygen atoms in total. The Morgan fingerprint density at radius 1 is 1.19 bits per heavy atom. The summed E-state index contributed by atoms with van der Waals surface area (Å²) < 4.78 is 5.68. The van der Waals surface area contributed by atoms with Gasteiger partial charge in [-0.2, -0.15) is 0 Å². The molecule has 2 rings (SSSR count). The molecule has 0 spiro atoms. The van der Waals surface area contributed by atoms with E-state index < -0.39 is 5.60 Å². The number of hydrogen-bond acceptors (Lipinski definition) is 3. The van der Waals surface area contributed by atoms with Crippen LogP contribution in [0.2, 0.25) is 0 Å². The van der Waals surface area contributed by atoms with E-state index in [1.165, 1.54) is 0 Å². The van der Waals surface area contributed by atoms with Gasteiger partial charge in [-0.25, -0.2) is 4.98 Å². The van der Waals surface area contributed by atoms with Gasteiger partial charge in [-0.3, -0.25) is 4.79 Å². The van der Waals surface area contributed by atoms with Crippen LogP contribution in [0.1, 0.15) is 38.1 Å². The van der Waals surface area contributed by atoms with Gasteiger partial charge in [0.05, 0.1) is 5.69 Å². The Balaban J connectivity index is 2.67. The van der Waals surface area contributed by atoms with Crippen molar-refractivity contribution < 1.29 is 4.74 Å². The van der Waals surface area contributed by atoms with Crippen LogP contribution in [0.3, 0.4) is 0 Å². The molecular weight excluding hydrogens is 264 g/mol. The van der Waals surface area contributed by atoms with Crippen LogP contribution in [-0.2, 0) is 10.3 Å². The highest BCUT2D eigenvalue weighted by Crippen LogP contribution is 2.30. The van der Waals surface area contributed by atoms with Gasteiger partial charge in [0.2, 0.25) is 0 Å². The van der Waals surface area contributed by atoms with Crippen molar-refractivity contribution in [3.05, 3.63) is 52.1 Å². The van der Waals surface area contributed by atoms with Crippen LogP contribution in [0.5, 0.6) is 0 Å². The fraction of sp³-hybridized carbons (Fsp3) is 0.412. The van der Waals surface area contributed by atoms with Crippen molar-refractivity contribution in [2.24, 2.45) is 0 Å². The lowest BCUT2D eigenvalue weighted by molar-refractivity contribution is -0.0292. The fourth-order valence-corrected chi connectivity index (χ4v) is 2.60. The van der Waals surface area contributed by atoms with Gasteiger partial charge in [0.1, 0.15) is 11.4 Å². The second-order valence-electron chi connectivity index (χ2n) is 5.16. The van der Waals surface area contributed by atoms with E-state index in [-0.39, 0.29) is 5.56 Å². The van der Waals surface area contributed by atoms with Crippen molar-refractivity contribution in [3.8, 4) is 11.3 Å². The van der Waals surface area contributed by atoms with Gasteiger partial charge in [0.15, 0.2) is 0 Å². The van der Waals surface area contributed by atoms with Crippen molar-refractivity contribution in [1.82, 2.24) is 9.97 Å². The van der Waals surface area contributed by atoms with Gasteiger partial charge < -0.3 is 9.72 Å². The van der Waals surface area contributed by atoms with Crippen LogP contribution in [0.25, 0.3) is 11.3 Å². The average molecular weight is 286 g/mol. The second kappa shape index (κ2) is 6.22. The van der Waals surface area contributed by atoms with E-state index in [9.17, 15) is 4.79 Å². The lowest BCUT2D eigenvalue weighted by Gasteiger charge is -2.29. The van der Waals surface area contributed by atoms with E-state index in [1.54, 1.807) is 14.0 Å². The maximum absolute atomic E-state index is 12.3. The minimum atomic E-state index is -0.545. The molecule has 1 heterocycles. The van der Waals surface area contributed by atoms with Crippen LogP contribution < -0.4 is 5.56 Å². The zero-order valence-electron chi connectivity index (χ0n) is 13.1. The van der Waals surface area contributed by atoms with Crippen molar-refractivity contribution in [1.29, 1.82) is 0 Å². The van der Waals surface area contributed by atoms with Crippen LogP contribution in [-0.4, -0.2) is 17.1 Å². The predicted molar refractivity (Wildman–Crippen MR) is 84.3 cm³/mol. The highest BCUT2D eigenvalue weighted by molar-refractivity contribution is 5.62. The topological polar surface area (TPSA) is 55.0 Å². The third-order valence-electron chi connectivity index (χ3n) is 4.16. The highest BCUT2D eigenvalue weighted by atomic mass is 16.5. The molecule has 4 heteroatoms. The Hall–Kier alpha value is -1.94. The molecule has 0 aliphatic rings. The van der Waals surface area contributed by atoms with Crippen LogP contribution >= 0.6 is 0 Å². The third kappa shape index (κ3) is 2.76. The first-order chi connectivity index (χ1) is 10.1. The Morgan fingerprint density at radius 2 is 1.81 bits per heavy atom. The Bertz CT molecular complexity index is 650. The summed E-state index contributed by atoms with van der Waals surface area (Å²) >= 11 is 0. The SMILES string of the molecule is CCC(CC)(OC)c1nc(-c2ccccc2)c(C)c(=O)[nH]1. The zero-order chi connectivity index (χ0) is 15.5. The van der Waals surface area contributed by atoms with Crippen molar-refractivity contribution in [2.75, 3.05) is 7.11 Å². The first-order valence-electron chi connectivity index (χ1n) is 7.30. The van der Waals surface area contributed by atoms with Gasteiger partial charge in [0.25, 0.3) is 5.56 Å². The van der Waals surface area contributed by atoms with Crippen LogP contribution in [0.15, 0.2) is 35.1 Å². The summed E-state index contributed by atoms with van der Waals surface area (Å²) in [6.45, 7) is 5.87. The molecule has 0 aliphatic carbocycles. The van der Waals surface area contributed by atoms with Gasteiger partial charge in [0, 0.05) is 18.2 Å². The summed E-state index contributed by atoms with van der Waals surface area (Å²) in [7, 11) is 1.66. The molecule has 0 radical (unpaired) electrons. The number of nitrogens with zero attached hydrogens (tertiary/aromatic N) is 1. The second-order valence-corrected chi connectivity index (χ2v) is 5.16. The summed E-state index contributed by atoms with van der Waals surface area (Å²) in [5, 5.41) is 0. The average Bonchev–Trinajstić information content (AvgIpc) is 2.53. The molecule has 21 heavy (non-hydrogen) atoms. The Morgan fingerprint density at radius 3 is 2.33 bits per heavy atom. The van der Waals surface area contributed by atoms with Gasteiger partial charge in [-0.1, -0.05) is 44.2 Å². The number of H-pyrrole nitrogens is 1. The molecule has 0 bridgehead atoms. The zero-order valence-corrected chi connectivity index (χ0v) is 13.1. The number of rotatable bonds is 5. The fourth-order valence-electron chi connectivity index (χ4n) is 2.60. The lowest BCUT2D eigenvalue weighted by Crippen LogP contribution is -2.32. The Labute approximate surface area is 125 Å². The molecule has 0 saturated heterocycles.